The molecule has 0 spiro atoms. The van der Waals surface area contributed by atoms with E-state index in [-0.39, 0.29) is 50.1 Å². The van der Waals surface area contributed by atoms with E-state index >= 15 is 0 Å². The van der Waals surface area contributed by atoms with E-state index in [9.17, 15) is 32.7 Å². The summed E-state index contributed by atoms with van der Waals surface area (Å²) in [5.74, 6) is -1.52. The van der Waals surface area contributed by atoms with Gasteiger partial charge < -0.3 is 15.3 Å². The number of nitrogens with zero attached hydrogens (tertiary/aromatic N) is 4. The van der Waals surface area contributed by atoms with Crippen molar-refractivity contribution in [3.05, 3.63) is 33.8 Å². The molecule has 1 saturated heterocycles. The molecule has 2 aromatic rings. The summed E-state index contributed by atoms with van der Waals surface area (Å²) >= 11 is 0. The Morgan fingerprint density at radius 2 is 1.92 bits per heavy atom. The highest BCUT2D eigenvalue weighted by Crippen LogP contribution is 2.26. The molecule has 0 atom stereocenters. The van der Waals surface area contributed by atoms with Crippen LogP contribution >= 0.6 is 0 Å². The van der Waals surface area contributed by atoms with Crippen molar-refractivity contribution in [3.8, 4) is 5.88 Å². The van der Waals surface area contributed by atoms with E-state index in [1.165, 1.54) is 27.8 Å². The van der Waals surface area contributed by atoms with Crippen molar-refractivity contribution in [2.75, 3.05) is 13.1 Å². The number of rotatable bonds is 7. The Morgan fingerprint density at radius 1 is 1.25 bits per heavy atom. The van der Waals surface area contributed by atoms with Crippen molar-refractivity contribution >= 4 is 23.5 Å². The Labute approximate surface area is 204 Å². The maximum absolute atomic E-state index is 13.0. The molecule has 10 nitrogen and oxygen atoms in total. The lowest BCUT2D eigenvalue weighted by atomic mass is 10.1. The Morgan fingerprint density at radius 3 is 2.50 bits per heavy atom. The first kappa shape index (κ1) is 25.7. The van der Waals surface area contributed by atoms with Gasteiger partial charge in [0, 0.05) is 37.3 Å². The van der Waals surface area contributed by atoms with E-state index in [2.05, 4.69) is 15.2 Å². The molecular formula is C23H28F3N5O5. The Balaban J connectivity index is 1.59. The van der Waals surface area contributed by atoms with Crippen LogP contribution in [-0.4, -0.2) is 67.6 Å². The number of hydrogen-bond donors (Lipinski definition) is 2. The summed E-state index contributed by atoms with van der Waals surface area (Å²) in [6, 6.07) is -0.0160. The summed E-state index contributed by atoms with van der Waals surface area (Å²) in [6.07, 6.45) is 0.0713. The predicted octanol–water partition coefficient (Wildman–Crippen LogP) is 2.29. The minimum absolute atomic E-state index is 0.0160. The molecule has 1 aliphatic carbocycles. The molecular weight excluding hydrogens is 483 g/mol. The summed E-state index contributed by atoms with van der Waals surface area (Å²) < 4.78 is 43.7. The minimum atomic E-state index is -4.71. The molecule has 0 radical (unpaired) electrons. The average Bonchev–Trinajstić information content (AvgIpc) is 3.49. The lowest BCUT2D eigenvalue weighted by Crippen LogP contribution is -2.41. The number of alkyl halides is 3. The third-order valence-corrected chi connectivity index (χ3v) is 6.06. The minimum Gasteiger partial charge on any atom is -0.494 e. The second-order valence-electron chi connectivity index (χ2n) is 9.51. The standard InChI is InChI=1S/C23H28F3N5O5/c1-13(2)12-30-20-14(3-6-17(32)29-9-7-16(8-10-29)36-23(24,25)26)11-27-31(20)22(35)18(21(30)34)19(33)28-15-4-5-15/h3,6,11,13,15-16,34H,4-5,7-10,12H2,1-2H3,(H,28,33). The number of aromatic hydroxyl groups is 1. The molecule has 3 heterocycles. The van der Waals surface area contributed by atoms with Crippen LogP contribution in [-0.2, 0) is 16.1 Å². The first-order valence-electron chi connectivity index (χ1n) is 11.8. The molecule has 36 heavy (non-hydrogen) atoms. The summed E-state index contributed by atoms with van der Waals surface area (Å²) in [6.45, 7) is 4.29. The van der Waals surface area contributed by atoms with Crippen LogP contribution in [0.4, 0.5) is 13.2 Å². The number of carbonyl (C=O) groups excluding carboxylic acids is 2. The molecule has 13 heteroatoms. The SMILES string of the molecule is CC(C)Cn1c(O)c(C(=O)NC2CC2)c(=O)n2ncc(C=CC(=O)N3CCC(OC(F)(F)F)CC3)c12. The first-order chi connectivity index (χ1) is 16.9. The molecule has 4 rings (SSSR count). The largest absolute Gasteiger partial charge is 0.522 e. The second kappa shape index (κ2) is 9.96. The molecule has 2 N–H and O–H groups in total. The second-order valence-corrected chi connectivity index (χ2v) is 9.51. The number of fused-ring (bicyclic) bond motifs is 1. The maximum Gasteiger partial charge on any atom is 0.522 e. The van der Waals surface area contributed by atoms with Gasteiger partial charge in [-0.15, -0.1) is 13.2 Å². The fourth-order valence-corrected chi connectivity index (χ4v) is 4.20. The molecule has 2 amide bonds. The Bertz CT molecular complexity index is 1240. The quantitative estimate of drug-likeness (QED) is 0.551. The maximum atomic E-state index is 13.0. The van der Waals surface area contributed by atoms with E-state index in [0.29, 0.717) is 5.56 Å². The monoisotopic (exact) mass is 511 g/mol. The normalized spacial score (nSPS) is 17.4. The van der Waals surface area contributed by atoms with Gasteiger partial charge in [0.15, 0.2) is 5.56 Å². The number of hydrogen-bond acceptors (Lipinski definition) is 6. The number of piperidine rings is 1. The van der Waals surface area contributed by atoms with Gasteiger partial charge in [0.1, 0.15) is 5.65 Å². The number of halogens is 3. The van der Waals surface area contributed by atoms with Crippen LogP contribution < -0.4 is 10.9 Å². The summed E-state index contributed by atoms with van der Waals surface area (Å²) in [5, 5.41) is 17.7. The van der Waals surface area contributed by atoms with Crippen molar-refractivity contribution < 1.29 is 32.6 Å². The van der Waals surface area contributed by atoms with Gasteiger partial charge in [-0.1, -0.05) is 13.8 Å². The molecule has 196 valence electrons. The molecule has 1 saturated carbocycles. The third-order valence-electron chi connectivity index (χ3n) is 6.06. The summed E-state index contributed by atoms with van der Waals surface area (Å²) in [5.41, 5.74) is -0.594. The van der Waals surface area contributed by atoms with Crippen molar-refractivity contribution in [2.24, 2.45) is 5.92 Å². The van der Waals surface area contributed by atoms with E-state index in [0.717, 1.165) is 17.4 Å². The van der Waals surface area contributed by atoms with Crippen LogP contribution in [0.5, 0.6) is 5.88 Å². The van der Waals surface area contributed by atoms with Crippen LogP contribution in [0.2, 0.25) is 0 Å². The molecule has 0 aromatic carbocycles. The van der Waals surface area contributed by atoms with E-state index in [1.54, 1.807) is 0 Å². The molecule has 2 fully saturated rings. The number of nitrogens with one attached hydrogen (secondary N) is 1. The highest BCUT2D eigenvalue weighted by atomic mass is 19.4. The van der Waals surface area contributed by atoms with E-state index in [1.807, 2.05) is 13.8 Å². The third kappa shape index (κ3) is 5.72. The zero-order valence-electron chi connectivity index (χ0n) is 19.9. The average molecular weight is 512 g/mol. The van der Waals surface area contributed by atoms with Crippen molar-refractivity contribution in [1.29, 1.82) is 0 Å². The van der Waals surface area contributed by atoms with Gasteiger partial charge >= 0.3 is 6.36 Å². The highest BCUT2D eigenvalue weighted by Gasteiger charge is 2.35. The molecule has 2 aliphatic rings. The van der Waals surface area contributed by atoms with Crippen molar-refractivity contribution in [1.82, 2.24) is 24.4 Å². The van der Waals surface area contributed by atoms with Gasteiger partial charge in [-0.2, -0.15) is 9.61 Å². The number of likely N-dealkylation sites (tertiary alicyclic amines) is 1. The van der Waals surface area contributed by atoms with Crippen LogP contribution in [0.15, 0.2) is 17.1 Å². The lowest BCUT2D eigenvalue weighted by molar-refractivity contribution is -0.345. The number of ether oxygens (including phenoxy) is 1. The predicted molar refractivity (Wildman–Crippen MR) is 122 cm³/mol. The van der Waals surface area contributed by atoms with Crippen molar-refractivity contribution in [3.63, 3.8) is 0 Å². The smallest absolute Gasteiger partial charge is 0.494 e. The number of aromatic nitrogens is 3. The van der Waals surface area contributed by atoms with Crippen LogP contribution in [0.25, 0.3) is 11.7 Å². The van der Waals surface area contributed by atoms with E-state index < -0.39 is 41.3 Å². The van der Waals surface area contributed by atoms with Crippen LogP contribution in [0, 0.1) is 5.92 Å². The van der Waals surface area contributed by atoms with Gasteiger partial charge in [0.05, 0.1) is 12.3 Å². The van der Waals surface area contributed by atoms with Gasteiger partial charge in [-0.05, 0) is 37.7 Å². The van der Waals surface area contributed by atoms with Crippen molar-refractivity contribution in [2.45, 2.75) is 64.6 Å². The first-order valence-corrected chi connectivity index (χ1v) is 11.8. The van der Waals surface area contributed by atoms with Crippen LogP contribution in [0.3, 0.4) is 0 Å². The van der Waals surface area contributed by atoms with Gasteiger partial charge in [0.25, 0.3) is 11.5 Å². The topological polar surface area (TPSA) is 118 Å². The van der Waals surface area contributed by atoms with Crippen LogP contribution in [0.1, 0.15) is 55.5 Å². The lowest BCUT2D eigenvalue weighted by Gasteiger charge is -2.31. The molecule has 0 unspecified atom stereocenters. The van der Waals surface area contributed by atoms with E-state index in [4.69, 9.17) is 0 Å². The fourth-order valence-electron chi connectivity index (χ4n) is 4.20. The number of carbonyl (C=O) groups is 2. The summed E-state index contributed by atoms with van der Waals surface area (Å²) in [4.78, 5) is 39.8. The highest BCUT2D eigenvalue weighted by molar-refractivity contribution is 5.97. The molecule has 2 aromatic heterocycles. The van der Waals surface area contributed by atoms with Gasteiger partial charge in [0.2, 0.25) is 11.8 Å². The van der Waals surface area contributed by atoms with Gasteiger partial charge in [-0.25, -0.2) is 0 Å². The molecule has 0 bridgehead atoms. The summed E-state index contributed by atoms with van der Waals surface area (Å²) in [7, 11) is 0. The Kier molecular flexibility index (Phi) is 7.12. The number of amides is 2. The zero-order chi connectivity index (χ0) is 26.2. The fraction of sp³-hybridized carbons (Fsp3) is 0.565. The molecule has 1 aliphatic heterocycles. The zero-order valence-corrected chi connectivity index (χ0v) is 19.9. The van der Waals surface area contributed by atoms with Gasteiger partial charge in [-0.3, -0.25) is 23.7 Å². The Hall–Kier alpha value is -3.35.